The van der Waals surface area contributed by atoms with Gasteiger partial charge in [0, 0.05) is 24.9 Å². The van der Waals surface area contributed by atoms with E-state index in [-0.39, 0.29) is 18.0 Å². The fourth-order valence-electron chi connectivity index (χ4n) is 3.54. The zero-order chi connectivity index (χ0) is 19.3. The third-order valence-electron chi connectivity index (χ3n) is 4.98. The maximum absolute atomic E-state index is 12.5. The van der Waals surface area contributed by atoms with Crippen LogP contribution in [0.1, 0.15) is 30.2 Å². The van der Waals surface area contributed by atoms with Crippen LogP contribution >= 0.6 is 0 Å². The summed E-state index contributed by atoms with van der Waals surface area (Å²) in [6.07, 6.45) is 1.46. The van der Waals surface area contributed by atoms with Gasteiger partial charge in [-0.3, -0.25) is 4.79 Å². The summed E-state index contributed by atoms with van der Waals surface area (Å²) in [7, 11) is 0. The van der Waals surface area contributed by atoms with Gasteiger partial charge in [-0.25, -0.2) is 4.79 Å². The Balaban J connectivity index is 1.40. The summed E-state index contributed by atoms with van der Waals surface area (Å²) in [6, 6.07) is 18.8. The van der Waals surface area contributed by atoms with Crippen molar-refractivity contribution >= 4 is 22.9 Å². The maximum Gasteiger partial charge on any atom is 0.315 e. The summed E-state index contributed by atoms with van der Waals surface area (Å²) in [5, 5.41) is 6.86. The first kappa shape index (κ1) is 18.1. The molecule has 1 aliphatic rings. The second-order valence-electron chi connectivity index (χ2n) is 6.98. The van der Waals surface area contributed by atoms with E-state index in [1.807, 2.05) is 65.6 Å². The molecule has 0 radical (unpaired) electrons. The molecule has 6 nitrogen and oxygen atoms in total. The zero-order valence-corrected chi connectivity index (χ0v) is 15.6. The molecule has 0 bridgehead atoms. The van der Waals surface area contributed by atoms with E-state index in [0.29, 0.717) is 25.3 Å². The molecule has 1 aliphatic heterocycles. The highest BCUT2D eigenvalue weighted by molar-refractivity contribution is 5.79. The normalized spacial score (nSPS) is 15.0. The van der Waals surface area contributed by atoms with E-state index in [0.717, 1.165) is 29.5 Å². The third-order valence-corrected chi connectivity index (χ3v) is 4.98. The van der Waals surface area contributed by atoms with Crippen LogP contribution in [0, 0.1) is 0 Å². The van der Waals surface area contributed by atoms with Crippen molar-refractivity contribution in [3.8, 4) is 0 Å². The highest BCUT2D eigenvalue weighted by Crippen LogP contribution is 2.20. The number of hydrogen-bond acceptors (Lipinski definition) is 3. The van der Waals surface area contributed by atoms with Crippen molar-refractivity contribution in [2.45, 2.75) is 25.4 Å². The van der Waals surface area contributed by atoms with Crippen LogP contribution < -0.4 is 10.6 Å². The van der Waals surface area contributed by atoms with E-state index >= 15 is 0 Å². The van der Waals surface area contributed by atoms with Crippen molar-refractivity contribution in [2.24, 2.45) is 0 Å². The fraction of sp³-hybridized carbons (Fsp3) is 0.273. The first-order valence-electron chi connectivity index (χ1n) is 9.53. The molecule has 2 heterocycles. The number of amides is 3. The van der Waals surface area contributed by atoms with Crippen molar-refractivity contribution in [1.82, 2.24) is 15.5 Å². The molecule has 6 heteroatoms. The van der Waals surface area contributed by atoms with E-state index in [2.05, 4.69) is 10.6 Å². The summed E-state index contributed by atoms with van der Waals surface area (Å²) in [4.78, 5) is 26.3. The van der Waals surface area contributed by atoms with Gasteiger partial charge in [-0.15, -0.1) is 0 Å². The molecule has 144 valence electrons. The predicted molar refractivity (Wildman–Crippen MR) is 107 cm³/mol. The average Bonchev–Trinajstić information content (AvgIpc) is 3.32. The van der Waals surface area contributed by atoms with E-state index in [9.17, 15) is 9.59 Å². The van der Waals surface area contributed by atoms with Crippen LogP contribution in [0.2, 0.25) is 0 Å². The fourth-order valence-corrected chi connectivity index (χ4v) is 3.54. The van der Waals surface area contributed by atoms with Gasteiger partial charge in [-0.05, 0) is 24.1 Å². The Bertz CT molecular complexity index is 934. The number of nitrogens with one attached hydrogen (secondary N) is 2. The predicted octanol–water partition coefficient (Wildman–Crippen LogP) is 3.60. The Morgan fingerprint density at radius 1 is 1.11 bits per heavy atom. The molecule has 2 aromatic carbocycles. The molecule has 3 aromatic rings. The number of likely N-dealkylation sites (tertiary alicyclic amines) is 1. The number of rotatable bonds is 6. The number of furan rings is 1. The number of carbonyl (C=O) groups excluding carboxylic acids is 2. The molecule has 1 aromatic heterocycles. The molecule has 1 fully saturated rings. The number of hydrogen-bond donors (Lipinski definition) is 2. The van der Waals surface area contributed by atoms with E-state index in [1.54, 1.807) is 0 Å². The van der Waals surface area contributed by atoms with Crippen molar-refractivity contribution in [3.05, 3.63) is 72.0 Å². The van der Waals surface area contributed by atoms with Gasteiger partial charge in [0.05, 0.1) is 12.6 Å². The lowest BCUT2D eigenvalue weighted by atomic mass is 10.1. The Hall–Kier alpha value is -3.28. The minimum atomic E-state index is -0.291. The van der Waals surface area contributed by atoms with Gasteiger partial charge in [0.25, 0.3) is 0 Å². The summed E-state index contributed by atoms with van der Waals surface area (Å²) >= 11 is 0. The van der Waals surface area contributed by atoms with Crippen LogP contribution in [-0.2, 0) is 11.3 Å². The maximum atomic E-state index is 12.5. The standard InChI is InChI=1S/C22H23N3O3/c26-21-11-6-12-25(21)15-19(16-7-2-1-3-8-16)24-22(27)23-14-18-13-17-9-4-5-10-20(17)28-18/h1-5,7-10,13,19H,6,11-12,14-15H2,(H2,23,24,27). The summed E-state index contributed by atoms with van der Waals surface area (Å²) < 4.78 is 5.73. The number of fused-ring (bicyclic) bond motifs is 1. The molecule has 2 N–H and O–H groups in total. The minimum absolute atomic E-state index is 0.144. The molecule has 3 amide bonds. The number of carbonyl (C=O) groups is 2. The van der Waals surface area contributed by atoms with Crippen LogP contribution in [0.15, 0.2) is 65.1 Å². The van der Waals surface area contributed by atoms with Crippen molar-refractivity contribution in [2.75, 3.05) is 13.1 Å². The smallest absolute Gasteiger partial charge is 0.315 e. The second kappa shape index (κ2) is 8.17. The SMILES string of the molecule is O=C(NCc1cc2ccccc2o1)NC(CN1CCCC1=O)c1ccccc1. The van der Waals surface area contributed by atoms with Crippen LogP contribution in [-0.4, -0.2) is 29.9 Å². The molecule has 1 saturated heterocycles. The molecule has 28 heavy (non-hydrogen) atoms. The van der Waals surface area contributed by atoms with Crippen LogP contribution in [0.5, 0.6) is 0 Å². The van der Waals surface area contributed by atoms with Crippen LogP contribution in [0.4, 0.5) is 4.79 Å². The zero-order valence-electron chi connectivity index (χ0n) is 15.6. The molecule has 1 unspecified atom stereocenters. The first-order valence-corrected chi connectivity index (χ1v) is 9.53. The number of urea groups is 1. The van der Waals surface area contributed by atoms with Crippen molar-refractivity contribution in [1.29, 1.82) is 0 Å². The molecule has 1 atom stereocenters. The van der Waals surface area contributed by atoms with Gasteiger partial charge in [-0.2, -0.15) is 0 Å². The lowest BCUT2D eigenvalue weighted by Gasteiger charge is -2.25. The minimum Gasteiger partial charge on any atom is -0.459 e. The molecular formula is C22H23N3O3. The Morgan fingerprint density at radius 2 is 1.89 bits per heavy atom. The van der Waals surface area contributed by atoms with Gasteiger partial charge >= 0.3 is 6.03 Å². The van der Waals surface area contributed by atoms with E-state index < -0.39 is 0 Å². The molecule has 0 saturated carbocycles. The molecular weight excluding hydrogens is 354 g/mol. The Kier molecular flexibility index (Phi) is 5.28. The number of para-hydroxylation sites is 1. The molecule has 4 rings (SSSR count). The van der Waals surface area contributed by atoms with E-state index in [4.69, 9.17) is 4.42 Å². The monoisotopic (exact) mass is 377 g/mol. The lowest BCUT2D eigenvalue weighted by Crippen LogP contribution is -2.42. The third kappa shape index (κ3) is 4.17. The van der Waals surface area contributed by atoms with Gasteiger partial charge < -0.3 is 20.0 Å². The highest BCUT2D eigenvalue weighted by Gasteiger charge is 2.25. The summed E-state index contributed by atoms with van der Waals surface area (Å²) in [5.41, 5.74) is 1.77. The largest absolute Gasteiger partial charge is 0.459 e. The average molecular weight is 377 g/mol. The second-order valence-corrected chi connectivity index (χ2v) is 6.98. The number of benzene rings is 2. The van der Waals surface area contributed by atoms with Gasteiger partial charge in [-0.1, -0.05) is 48.5 Å². The Labute approximate surface area is 163 Å². The topological polar surface area (TPSA) is 74.6 Å². The van der Waals surface area contributed by atoms with E-state index in [1.165, 1.54) is 0 Å². The summed E-state index contributed by atoms with van der Waals surface area (Å²) in [6.45, 7) is 1.51. The quantitative estimate of drug-likeness (QED) is 0.689. The molecule has 0 spiro atoms. The first-order chi connectivity index (χ1) is 13.7. The van der Waals surface area contributed by atoms with Gasteiger partial charge in [0.15, 0.2) is 0 Å². The van der Waals surface area contributed by atoms with Crippen LogP contribution in [0.3, 0.4) is 0 Å². The lowest BCUT2D eigenvalue weighted by molar-refractivity contribution is -0.128. The van der Waals surface area contributed by atoms with Crippen molar-refractivity contribution < 1.29 is 14.0 Å². The summed E-state index contributed by atoms with van der Waals surface area (Å²) in [5.74, 6) is 0.841. The van der Waals surface area contributed by atoms with Gasteiger partial charge in [0.2, 0.25) is 5.91 Å². The van der Waals surface area contributed by atoms with Crippen LogP contribution in [0.25, 0.3) is 11.0 Å². The van der Waals surface area contributed by atoms with Gasteiger partial charge in [0.1, 0.15) is 11.3 Å². The molecule has 0 aliphatic carbocycles. The Morgan fingerprint density at radius 3 is 2.64 bits per heavy atom. The number of nitrogens with zero attached hydrogens (tertiary/aromatic N) is 1. The van der Waals surface area contributed by atoms with Crippen molar-refractivity contribution in [3.63, 3.8) is 0 Å². The highest BCUT2D eigenvalue weighted by atomic mass is 16.3.